The van der Waals surface area contributed by atoms with Crippen molar-refractivity contribution in [1.82, 2.24) is 5.32 Å². The largest absolute Gasteiger partial charge is 0.480 e. The van der Waals surface area contributed by atoms with E-state index >= 15 is 0 Å². The Labute approximate surface area is 72.9 Å². The topological polar surface area (TPSA) is 58.6 Å². The number of carboxylic acids is 1. The van der Waals surface area contributed by atoms with E-state index in [0.29, 0.717) is 26.2 Å². The molecule has 12 heavy (non-hydrogen) atoms. The average molecular weight is 175 g/mol. The number of carbonyl (C=O) groups is 1. The molecule has 4 heteroatoms. The fourth-order valence-electron chi connectivity index (χ4n) is 0.856. The summed E-state index contributed by atoms with van der Waals surface area (Å²) in [4.78, 5) is 10.5. The summed E-state index contributed by atoms with van der Waals surface area (Å²) in [7, 11) is 0. The van der Waals surface area contributed by atoms with Gasteiger partial charge in [-0.25, -0.2) is 0 Å². The molecule has 0 aromatic carbocycles. The van der Waals surface area contributed by atoms with Crippen LogP contribution in [0.15, 0.2) is 0 Å². The van der Waals surface area contributed by atoms with Gasteiger partial charge in [-0.15, -0.1) is 0 Å². The molecule has 0 aromatic rings. The number of nitrogens with one attached hydrogen (secondary N) is 1. The molecule has 0 aliphatic heterocycles. The molecule has 0 fully saturated rings. The summed E-state index contributed by atoms with van der Waals surface area (Å²) in [6.45, 7) is 5.59. The molecule has 0 rings (SSSR count). The second kappa shape index (κ2) is 7.06. The van der Waals surface area contributed by atoms with Crippen molar-refractivity contribution in [3.63, 3.8) is 0 Å². The monoisotopic (exact) mass is 175 g/mol. The predicted octanol–water partition coefficient (Wildman–Crippen LogP) is 0.476. The Morgan fingerprint density at radius 2 is 2.25 bits per heavy atom. The zero-order valence-corrected chi connectivity index (χ0v) is 7.67. The van der Waals surface area contributed by atoms with E-state index in [9.17, 15) is 4.79 Å². The van der Waals surface area contributed by atoms with Crippen LogP contribution in [0.1, 0.15) is 20.3 Å². The molecule has 1 atom stereocenters. The summed E-state index contributed by atoms with van der Waals surface area (Å²) >= 11 is 0. The van der Waals surface area contributed by atoms with Gasteiger partial charge in [0, 0.05) is 13.2 Å². The van der Waals surface area contributed by atoms with Gasteiger partial charge in [0.1, 0.15) is 6.04 Å². The third-order valence-electron chi connectivity index (χ3n) is 1.55. The van der Waals surface area contributed by atoms with E-state index in [-0.39, 0.29) is 0 Å². The van der Waals surface area contributed by atoms with Crippen molar-refractivity contribution >= 4 is 5.97 Å². The molecule has 4 nitrogen and oxygen atoms in total. The van der Waals surface area contributed by atoms with Gasteiger partial charge in [-0.05, 0) is 13.3 Å². The number of hydrogen-bond donors (Lipinski definition) is 2. The van der Waals surface area contributed by atoms with Crippen LogP contribution in [-0.2, 0) is 9.53 Å². The maximum absolute atomic E-state index is 10.5. The van der Waals surface area contributed by atoms with Crippen molar-refractivity contribution < 1.29 is 14.6 Å². The Kier molecular flexibility index (Phi) is 6.70. The third-order valence-corrected chi connectivity index (χ3v) is 1.55. The second-order valence-electron chi connectivity index (χ2n) is 2.45. The van der Waals surface area contributed by atoms with Gasteiger partial charge in [0.25, 0.3) is 0 Å². The maximum atomic E-state index is 10.5. The number of carboxylic acid groups (broad SMARTS) is 1. The Hall–Kier alpha value is -0.610. The van der Waals surface area contributed by atoms with E-state index < -0.39 is 12.0 Å². The second-order valence-corrected chi connectivity index (χ2v) is 2.45. The molecule has 0 spiro atoms. The number of aliphatic carboxylic acids is 1. The van der Waals surface area contributed by atoms with Crippen molar-refractivity contribution in [3.05, 3.63) is 0 Å². The van der Waals surface area contributed by atoms with Crippen LogP contribution in [0.4, 0.5) is 0 Å². The average Bonchev–Trinajstić information content (AvgIpc) is 2.04. The zero-order valence-electron chi connectivity index (χ0n) is 7.67. The van der Waals surface area contributed by atoms with E-state index in [2.05, 4.69) is 5.32 Å². The van der Waals surface area contributed by atoms with Crippen LogP contribution in [0.2, 0.25) is 0 Å². The summed E-state index contributed by atoms with van der Waals surface area (Å²) in [6, 6.07) is -0.439. The summed E-state index contributed by atoms with van der Waals surface area (Å²) in [5.41, 5.74) is 0. The van der Waals surface area contributed by atoms with Crippen LogP contribution in [0.5, 0.6) is 0 Å². The van der Waals surface area contributed by atoms with Gasteiger partial charge < -0.3 is 15.2 Å². The quantitative estimate of drug-likeness (QED) is 0.552. The lowest BCUT2D eigenvalue weighted by Gasteiger charge is -2.11. The minimum absolute atomic E-state index is 0.439. The van der Waals surface area contributed by atoms with Crippen molar-refractivity contribution in [2.75, 3.05) is 19.8 Å². The first-order valence-corrected chi connectivity index (χ1v) is 4.26. The summed E-state index contributed by atoms with van der Waals surface area (Å²) in [6.07, 6.45) is 0.599. The first kappa shape index (κ1) is 11.4. The van der Waals surface area contributed by atoms with Crippen LogP contribution < -0.4 is 5.32 Å². The molecule has 0 aliphatic rings. The maximum Gasteiger partial charge on any atom is 0.320 e. The minimum atomic E-state index is -0.797. The Bertz CT molecular complexity index is 127. The van der Waals surface area contributed by atoms with Crippen LogP contribution in [0.25, 0.3) is 0 Å². The standard InChI is InChI=1S/C8H17NO3/c1-3-7(8(10)11)9-5-6-12-4-2/h7,9H,3-6H2,1-2H3,(H,10,11). The molecule has 72 valence electrons. The fraction of sp³-hybridized carbons (Fsp3) is 0.875. The van der Waals surface area contributed by atoms with Crippen molar-refractivity contribution in [3.8, 4) is 0 Å². The summed E-state index contributed by atoms with van der Waals surface area (Å²) in [5, 5.41) is 11.5. The molecule has 0 radical (unpaired) electrons. The molecular weight excluding hydrogens is 158 g/mol. The molecule has 0 saturated carbocycles. The van der Waals surface area contributed by atoms with Gasteiger partial charge in [0.2, 0.25) is 0 Å². The molecule has 0 bridgehead atoms. The van der Waals surface area contributed by atoms with Gasteiger partial charge in [0.15, 0.2) is 0 Å². The van der Waals surface area contributed by atoms with Gasteiger partial charge in [-0.1, -0.05) is 6.92 Å². The smallest absolute Gasteiger partial charge is 0.320 e. The normalized spacial score (nSPS) is 12.8. The van der Waals surface area contributed by atoms with Crippen LogP contribution in [-0.4, -0.2) is 36.9 Å². The van der Waals surface area contributed by atoms with Crippen LogP contribution >= 0.6 is 0 Å². The fourth-order valence-corrected chi connectivity index (χ4v) is 0.856. The van der Waals surface area contributed by atoms with Gasteiger partial charge >= 0.3 is 5.97 Å². The van der Waals surface area contributed by atoms with Gasteiger partial charge in [0.05, 0.1) is 6.61 Å². The van der Waals surface area contributed by atoms with E-state index in [1.54, 1.807) is 0 Å². The Balaban J connectivity index is 3.38. The minimum Gasteiger partial charge on any atom is -0.480 e. The van der Waals surface area contributed by atoms with Crippen molar-refractivity contribution in [2.24, 2.45) is 0 Å². The molecular formula is C8H17NO3. The molecule has 0 aliphatic carbocycles. The number of hydrogen-bond acceptors (Lipinski definition) is 3. The van der Waals surface area contributed by atoms with Crippen LogP contribution in [0.3, 0.4) is 0 Å². The Morgan fingerprint density at radius 1 is 1.58 bits per heavy atom. The lowest BCUT2D eigenvalue weighted by atomic mass is 10.2. The third kappa shape index (κ3) is 5.09. The van der Waals surface area contributed by atoms with Crippen LogP contribution in [0, 0.1) is 0 Å². The highest BCUT2D eigenvalue weighted by molar-refractivity contribution is 5.73. The summed E-state index contributed by atoms with van der Waals surface area (Å²) in [5.74, 6) is -0.797. The lowest BCUT2D eigenvalue weighted by molar-refractivity contribution is -0.139. The first-order valence-electron chi connectivity index (χ1n) is 4.26. The van der Waals surface area contributed by atoms with Gasteiger partial charge in [-0.3, -0.25) is 4.79 Å². The summed E-state index contributed by atoms with van der Waals surface area (Å²) < 4.78 is 5.05. The van der Waals surface area contributed by atoms with E-state index in [4.69, 9.17) is 9.84 Å². The highest BCUT2D eigenvalue weighted by Gasteiger charge is 2.12. The molecule has 0 heterocycles. The van der Waals surface area contributed by atoms with E-state index in [1.165, 1.54) is 0 Å². The molecule has 2 N–H and O–H groups in total. The predicted molar refractivity (Wildman–Crippen MR) is 46.2 cm³/mol. The molecule has 0 amide bonds. The number of ether oxygens (including phenoxy) is 1. The lowest BCUT2D eigenvalue weighted by Crippen LogP contribution is -2.37. The molecule has 1 unspecified atom stereocenters. The highest BCUT2D eigenvalue weighted by atomic mass is 16.5. The molecule has 0 aromatic heterocycles. The highest BCUT2D eigenvalue weighted by Crippen LogP contribution is 1.89. The first-order chi connectivity index (χ1) is 5.72. The van der Waals surface area contributed by atoms with E-state index in [1.807, 2.05) is 13.8 Å². The Morgan fingerprint density at radius 3 is 2.67 bits per heavy atom. The van der Waals surface area contributed by atoms with Crippen molar-refractivity contribution in [2.45, 2.75) is 26.3 Å². The zero-order chi connectivity index (χ0) is 9.40. The number of rotatable bonds is 7. The SMILES string of the molecule is CCOCCNC(CC)C(=O)O. The van der Waals surface area contributed by atoms with Crippen molar-refractivity contribution in [1.29, 1.82) is 0 Å². The molecule has 0 saturated heterocycles. The van der Waals surface area contributed by atoms with E-state index in [0.717, 1.165) is 0 Å². The van der Waals surface area contributed by atoms with Gasteiger partial charge in [-0.2, -0.15) is 0 Å².